The molecule has 2 rings (SSSR count). The van der Waals surface area contributed by atoms with Gasteiger partial charge >= 0.3 is 0 Å². The van der Waals surface area contributed by atoms with Crippen LogP contribution in [0, 0.1) is 5.41 Å². The number of nitrogens with one attached hydrogen (secondary N) is 1. The molecule has 1 heterocycles. The standard InChI is InChI=1S/C18H36N2/c1-4-17-11-10-16(3)20(17)15-18(14-19-5-2)12-8-6-7-9-13-18/h16-17,19H,4-15H2,1-3H3. The van der Waals surface area contributed by atoms with Crippen LogP contribution in [0.1, 0.15) is 78.6 Å². The molecule has 118 valence electrons. The lowest BCUT2D eigenvalue weighted by Gasteiger charge is -2.41. The van der Waals surface area contributed by atoms with Gasteiger partial charge in [0.25, 0.3) is 0 Å². The maximum absolute atomic E-state index is 3.68. The third kappa shape index (κ3) is 3.98. The Kier molecular flexibility index (Phi) is 6.35. The highest BCUT2D eigenvalue weighted by Gasteiger charge is 2.38. The molecule has 0 amide bonds. The molecule has 2 heteroatoms. The lowest BCUT2D eigenvalue weighted by Crippen LogP contribution is -2.47. The lowest BCUT2D eigenvalue weighted by atomic mass is 9.79. The maximum Gasteiger partial charge on any atom is 0.00962 e. The second-order valence-corrected chi connectivity index (χ2v) is 7.36. The molecule has 20 heavy (non-hydrogen) atoms. The van der Waals surface area contributed by atoms with E-state index in [-0.39, 0.29) is 0 Å². The van der Waals surface area contributed by atoms with Crippen molar-refractivity contribution in [2.24, 2.45) is 5.41 Å². The van der Waals surface area contributed by atoms with Crippen molar-refractivity contribution in [3.8, 4) is 0 Å². The van der Waals surface area contributed by atoms with Gasteiger partial charge in [-0.2, -0.15) is 0 Å². The minimum absolute atomic E-state index is 0.554. The Bertz CT molecular complexity index is 269. The summed E-state index contributed by atoms with van der Waals surface area (Å²) in [6.45, 7) is 10.8. The molecule has 2 unspecified atom stereocenters. The second-order valence-electron chi connectivity index (χ2n) is 7.36. The molecular weight excluding hydrogens is 244 g/mol. The molecule has 0 spiro atoms. The van der Waals surface area contributed by atoms with E-state index in [0.717, 1.165) is 18.6 Å². The van der Waals surface area contributed by atoms with Gasteiger partial charge in [-0.3, -0.25) is 4.90 Å². The molecule has 1 saturated carbocycles. The van der Waals surface area contributed by atoms with E-state index in [1.165, 1.54) is 70.9 Å². The van der Waals surface area contributed by atoms with Gasteiger partial charge in [0.05, 0.1) is 0 Å². The van der Waals surface area contributed by atoms with Gasteiger partial charge in [0.1, 0.15) is 0 Å². The number of likely N-dealkylation sites (tertiary alicyclic amines) is 1. The highest BCUT2D eigenvalue weighted by atomic mass is 15.2. The Morgan fingerprint density at radius 2 is 1.75 bits per heavy atom. The minimum atomic E-state index is 0.554. The molecule has 0 radical (unpaired) electrons. The summed E-state index contributed by atoms with van der Waals surface area (Å²) in [5.41, 5.74) is 0.554. The molecule has 0 aromatic rings. The molecule has 1 aliphatic carbocycles. The average Bonchev–Trinajstić information content (AvgIpc) is 2.66. The van der Waals surface area contributed by atoms with Crippen LogP contribution in [0.3, 0.4) is 0 Å². The SMILES string of the molecule is CCNCC1(CN2C(C)CCC2CC)CCCCCC1. The van der Waals surface area contributed by atoms with Crippen LogP contribution >= 0.6 is 0 Å². The first kappa shape index (κ1) is 16.3. The van der Waals surface area contributed by atoms with Crippen LogP contribution < -0.4 is 5.32 Å². The van der Waals surface area contributed by atoms with Crippen molar-refractivity contribution in [2.75, 3.05) is 19.6 Å². The van der Waals surface area contributed by atoms with E-state index in [1.54, 1.807) is 0 Å². The summed E-state index contributed by atoms with van der Waals surface area (Å²) in [4.78, 5) is 2.86. The summed E-state index contributed by atoms with van der Waals surface area (Å²) < 4.78 is 0. The highest BCUT2D eigenvalue weighted by Crippen LogP contribution is 2.38. The fourth-order valence-corrected chi connectivity index (χ4v) is 4.50. The van der Waals surface area contributed by atoms with Gasteiger partial charge in [-0.05, 0) is 51.0 Å². The van der Waals surface area contributed by atoms with Crippen molar-refractivity contribution in [1.82, 2.24) is 10.2 Å². The zero-order valence-corrected chi connectivity index (χ0v) is 14.1. The Labute approximate surface area is 126 Å². The van der Waals surface area contributed by atoms with Crippen molar-refractivity contribution in [3.05, 3.63) is 0 Å². The zero-order valence-electron chi connectivity index (χ0n) is 14.1. The fraction of sp³-hybridized carbons (Fsp3) is 1.00. The van der Waals surface area contributed by atoms with Gasteiger partial charge in [-0.15, -0.1) is 0 Å². The Hall–Kier alpha value is -0.0800. The third-order valence-corrected chi connectivity index (χ3v) is 5.86. The molecule has 0 bridgehead atoms. The van der Waals surface area contributed by atoms with E-state index >= 15 is 0 Å². The van der Waals surface area contributed by atoms with Crippen LogP contribution in [0.4, 0.5) is 0 Å². The third-order valence-electron chi connectivity index (χ3n) is 5.86. The first-order valence-electron chi connectivity index (χ1n) is 9.17. The second kappa shape index (κ2) is 7.79. The van der Waals surface area contributed by atoms with Crippen molar-refractivity contribution >= 4 is 0 Å². The molecule has 0 aromatic heterocycles. The smallest absolute Gasteiger partial charge is 0.00962 e. The van der Waals surface area contributed by atoms with Gasteiger partial charge in [0.2, 0.25) is 0 Å². The van der Waals surface area contributed by atoms with Gasteiger partial charge in [-0.1, -0.05) is 39.5 Å². The van der Waals surface area contributed by atoms with Crippen LogP contribution in [0.5, 0.6) is 0 Å². The van der Waals surface area contributed by atoms with Crippen LogP contribution in [0.25, 0.3) is 0 Å². The molecule has 2 nitrogen and oxygen atoms in total. The minimum Gasteiger partial charge on any atom is -0.316 e. The van der Waals surface area contributed by atoms with Crippen molar-refractivity contribution in [3.63, 3.8) is 0 Å². The number of hydrogen-bond acceptors (Lipinski definition) is 2. The predicted molar refractivity (Wildman–Crippen MR) is 88.2 cm³/mol. The first-order chi connectivity index (χ1) is 9.71. The van der Waals surface area contributed by atoms with E-state index in [1.807, 2.05) is 0 Å². The molecule has 0 aromatic carbocycles. The average molecular weight is 280 g/mol. The van der Waals surface area contributed by atoms with Crippen LogP contribution in [0.2, 0.25) is 0 Å². The number of nitrogens with zero attached hydrogens (tertiary/aromatic N) is 1. The number of hydrogen-bond donors (Lipinski definition) is 1. The van der Waals surface area contributed by atoms with Gasteiger partial charge in [-0.25, -0.2) is 0 Å². The summed E-state index contributed by atoms with van der Waals surface area (Å²) in [7, 11) is 0. The predicted octanol–water partition coefficient (Wildman–Crippen LogP) is 4.20. The van der Waals surface area contributed by atoms with Gasteiger partial charge in [0.15, 0.2) is 0 Å². The van der Waals surface area contributed by atoms with E-state index in [4.69, 9.17) is 0 Å². The normalized spacial score (nSPS) is 31.4. The van der Waals surface area contributed by atoms with Gasteiger partial charge in [0, 0.05) is 25.2 Å². The lowest BCUT2D eigenvalue weighted by molar-refractivity contribution is 0.0917. The number of rotatable bonds is 6. The first-order valence-corrected chi connectivity index (χ1v) is 9.17. The van der Waals surface area contributed by atoms with E-state index in [9.17, 15) is 0 Å². The van der Waals surface area contributed by atoms with Crippen LogP contribution in [-0.2, 0) is 0 Å². The fourth-order valence-electron chi connectivity index (χ4n) is 4.50. The molecule has 1 aliphatic heterocycles. The van der Waals surface area contributed by atoms with Crippen molar-refractivity contribution < 1.29 is 0 Å². The Balaban J connectivity index is 2.05. The molecule has 2 atom stereocenters. The molecular formula is C18H36N2. The molecule has 1 saturated heterocycles. The van der Waals surface area contributed by atoms with Crippen molar-refractivity contribution in [1.29, 1.82) is 0 Å². The monoisotopic (exact) mass is 280 g/mol. The quantitative estimate of drug-likeness (QED) is 0.734. The van der Waals surface area contributed by atoms with Crippen LogP contribution in [-0.4, -0.2) is 36.6 Å². The molecule has 1 N–H and O–H groups in total. The highest BCUT2D eigenvalue weighted by molar-refractivity contribution is 4.93. The van der Waals surface area contributed by atoms with Crippen LogP contribution in [0.15, 0.2) is 0 Å². The van der Waals surface area contributed by atoms with E-state index < -0.39 is 0 Å². The Morgan fingerprint density at radius 1 is 1.05 bits per heavy atom. The molecule has 2 fully saturated rings. The summed E-state index contributed by atoms with van der Waals surface area (Å²) >= 11 is 0. The summed E-state index contributed by atoms with van der Waals surface area (Å²) in [6, 6.07) is 1.66. The maximum atomic E-state index is 3.68. The summed E-state index contributed by atoms with van der Waals surface area (Å²) in [6.07, 6.45) is 12.9. The topological polar surface area (TPSA) is 15.3 Å². The Morgan fingerprint density at radius 3 is 2.35 bits per heavy atom. The summed E-state index contributed by atoms with van der Waals surface area (Å²) in [5, 5.41) is 3.68. The van der Waals surface area contributed by atoms with E-state index in [0.29, 0.717) is 5.41 Å². The molecule has 2 aliphatic rings. The summed E-state index contributed by atoms with van der Waals surface area (Å²) in [5.74, 6) is 0. The zero-order chi connectivity index (χ0) is 14.4. The van der Waals surface area contributed by atoms with E-state index in [2.05, 4.69) is 31.0 Å². The van der Waals surface area contributed by atoms with Crippen molar-refractivity contribution in [2.45, 2.75) is 90.6 Å². The van der Waals surface area contributed by atoms with Gasteiger partial charge < -0.3 is 5.32 Å². The largest absolute Gasteiger partial charge is 0.316 e.